The first-order valence-electron chi connectivity index (χ1n) is 5.62. The van der Waals surface area contributed by atoms with Gasteiger partial charge in [-0.1, -0.05) is 6.92 Å². The van der Waals surface area contributed by atoms with E-state index >= 15 is 0 Å². The van der Waals surface area contributed by atoms with E-state index in [1.165, 1.54) is 5.56 Å². The lowest BCUT2D eigenvalue weighted by Gasteiger charge is -2.24. The molecule has 2 rings (SSSR count). The number of nitrogens with two attached hydrogens (primary N) is 1. The summed E-state index contributed by atoms with van der Waals surface area (Å²) in [6.07, 6.45) is 3.01. The molecule has 1 aromatic rings. The van der Waals surface area contributed by atoms with E-state index in [9.17, 15) is 0 Å². The van der Waals surface area contributed by atoms with E-state index in [2.05, 4.69) is 39.7 Å². The Balaban J connectivity index is 2.24. The third-order valence-corrected chi connectivity index (χ3v) is 4.39. The van der Waals surface area contributed by atoms with Crippen molar-refractivity contribution in [1.29, 1.82) is 0 Å². The third kappa shape index (κ3) is 2.09. The van der Waals surface area contributed by atoms with Crippen LogP contribution >= 0.6 is 15.9 Å². The Bertz CT molecular complexity index is 394. The van der Waals surface area contributed by atoms with Crippen molar-refractivity contribution in [3.63, 3.8) is 0 Å². The van der Waals surface area contributed by atoms with Crippen LogP contribution in [0, 0.1) is 12.3 Å². The van der Waals surface area contributed by atoms with E-state index < -0.39 is 0 Å². The zero-order chi connectivity index (χ0) is 11.8. The highest BCUT2D eigenvalue weighted by molar-refractivity contribution is 9.10. The SMILES string of the molecule is Cc1ccnc(N2CCC(C)(CN)C2)c1Br. The number of halogens is 1. The van der Waals surface area contributed by atoms with Crippen LogP contribution < -0.4 is 10.6 Å². The van der Waals surface area contributed by atoms with E-state index in [4.69, 9.17) is 5.73 Å². The number of aromatic nitrogens is 1. The standard InChI is InChI=1S/C12H18BrN3/c1-9-3-5-15-11(10(9)13)16-6-4-12(2,7-14)8-16/h3,5H,4,6-8,14H2,1-2H3. The van der Waals surface area contributed by atoms with Gasteiger partial charge < -0.3 is 10.6 Å². The highest BCUT2D eigenvalue weighted by Gasteiger charge is 2.33. The summed E-state index contributed by atoms with van der Waals surface area (Å²) in [5, 5.41) is 0. The number of anilines is 1. The Labute approximate surface area is 105 Å². The molecule has 0 bridgehead atoms. The Morgan fingerprint density at radius 3 is 3.00 bits per heavy atom. The quantitative estimate of drug-likeness (QED) is 0.906. The van der Waals surface area contributed by atoms with Crippen molar-refractivity contribution in [2.24, 2.45) is 11.1 Å². The van der Waals surface area contributed by atoms with Crippen molar-refractivity contribution >= 4 is 21.7 Å². The molecule has 1 fully saturated rings. The first kappa shape index (κ1) is 11.9. The van der Waals surface area contributed by atoms with Crippen molar-refractivity contribution < 1.29 is 0 Å². The van der Waals surface area contributed by atoms with Crippen molar-refractivity contribution in [2.45, 2.75) is 20.3 Å². The molecule has 3 nitrogen and oxygen atoms in total. The second-order valence-electron chi connectivity index (χ2n) is 4.95. The molecular weight excluding hydrogens is 266 g/mol. The zero-order valence-electron chi connectivity index (χ0n) is 9.83. The fraction of sp³-hybridized carbons (Fsp3) is 0.583. The van der Waals surface area contributed by atoms with Gasteiger partial charge in [0.1, 0.15) is 5.82 Å². The lowest BCUT2D eigenvalue weighted by molar-refractivity contribution is 0.383. The van der Waals surface area contributed by atoms with Gasteiger partial charge in [-0.15, -0.1) is 0 Å². The molecule has 0 spiro atoms. The molecule has 16 heavy (non-hydrogen) atoms. The van der Waals surface area contributed by atoms with Crippen molar-refractivity contribution in [3.05, 3.63) is 22.3 Å². The Kier molecular flexibility index (Phi) is 3.22. The molecule has 1 atom stereocenters. The molecule has 1 aliphatic rings. The summed E-state index contributed by atoms with van der Waals surface area (Å²) in [6.45, 7) is 7.12. The highest BCUT2D eigenvalue weighted by atomic mass is 79.9. The lowest BCUT2D eigenvalue weighted by Crippen LogP contribution is -2.31. The molecule has 1 saturated heterocycles. The largest absolute Gasteiger partial charge is 0.355 e. The van der Waals surface area contributed by atoms with E-state index in [1.807, 2.05) is 12.3 Å². The van der Waals surface area contributed by atoms with Gasteiger partial charge >= 0.3 is 0 Å². The average molecular weight is 284 g/mol. The van der Waals surface area contributed by atoms with Crippen LogP contribution in [-0.2, 0) is 0 Å². The Morgan fingerprint density at radius 2 is 2.38 bits per heavy atom. The maximum Gasteiger partial charge on any atom is 0.143 e. The van der Waals surface area contributed by atoms with E-state index in [0.29, 0.717) is 0 Å². The maximum absolute atomic E-state index is 5.82. The zero-order valence-corrected chi connectivity index (χ0v) is 11.4. The van der Waals surface area contributed by atoms with Crippen LogP contribution in [0.3, 0.4) is 0 Å². The number of pyridine rings is 1. The van der Waals surface area contributed by atoms with Gasteiger partial charge in [0, 0.05) is 19.3 Å². The van der Waals surface area contributed by atoms with Gasteiger partial charge in [0.2, 0.25) is 0 Å². The van der Waals surface area contributed by atoms with Crippen molar-refractivity contribution in [3.8, 4) is 0 Å². The Morgan fingerprint density at radius 1 is 1.62 bits per heavy atom. The molecule has 1 unspecified atom stereocenters. The number of hydrogen-bond acceptors (Lipinski definition) is 3. The predicted octanol–water partition coefficient (Wildman–Crippen LogP) is 2.33. The van der Waals surface area contributed by atoms with Crippen molar-refractivity contribution in [1.82, 2.24) is 4.98 Å². The summed E-state index contributed by atoms with van der Waals surface area (Å²) in [5.74, 6) is 1.05. The van der Waals surface area contributed by atoms with Gasteiger partial charge in [-0.2, -0.15) is 0 Å². The van der Waals surface area contributed by atoms with E-state index in [-0.39, 0.29) is 5.41 Å². The molecule has 0 aromatic carbocycles. The molecule has 4 heteroatoms. The van der Waals surface area contributed by atoms with Crippen LogP contribution in [0.4, 0.5) is 5.82 Å². The summed E-state index contributed by atoms with van der Waals surface area (Å²) >= 11 is 3.61. The molecular formula is C12H18BrN3. The fourth-order valence-corrected chi connectivity index (χ4v) is 2.60. The summed E-state index contributed by atoms with van der Waals surface area (Å²) in [5.41, 5.74) is 7.29. The first-order valence-corrected chi connectivity index (χ1v) is 6.41. The summed E-state index contributed by atoms with van der Waals surface area (Å²) in [7, 11) is 0. The lowest BCUT2D eigenvalue weighted by atomic mass is 9.90. The molecule has 1 aromatic heterocycles. The minimum Gasteiger partial charge on any atom is -0.355 e. The normalized spacial score (nSPS) is 25.1. The second-order valence-corrected chi connectivity index (χ2v) is 5.74. The maximum atomic E-state index is 5.82. The number of nitrogens with zero attached hydrogens (tertiary/aromatic N) is 2. The summed E-state index contributed by atoms with van der Waals surface area (Å²) in [6, 6.07) is 2.02. The van der Waals surface area contributed by atoms with Crippen LogP contribution in [0.25, 0.3) is 0 Å². The number of aryl methyl sites for hydroxylation is 1. The molecule has 88 valence electrons. The van der Waals surface area contributed by atoms with Gasteiger partial charge in [-0.3, -0.25) is 0 Å². The highest BCUT2D eigenvalue weighted by Crippen LogP contribution is 2.35. The summed E-state index contributed by atoms with van der Waals surface area (Å²) in [4.78, 5) is 6.78. The minimum absolute atomic E-state index is 0.241. The van der Waals surface area contributed by atoms with Gasteiger partial charge in [0.15, 0.2) is 0 Å². The van der Waals surface area contributed by atoms with Gasteiger partial charge in [0.25, 0.3) is 0 Å². The molecule has 0 radical (unpaired) electrons. The van der Waals surface area contributed by atoms with Crippen LogP contribution in [0.1, 0.15) is 18.9 Å². The molecule has 0 saturated carbocycles. The van der Waals surface area contributed by atoms with E-state index in [1.54, 1.807) is 0 Å². The Hall–Kier alpha value is -0.610. The van der Waals surface area contributed by atoms with Crippen molar-refractivity contribution in [2.75, 3.05) is 24.5 Å². The van der Waals surface area contributed by atoms with Crippen LogP contribution in [0.15, 0.2) is 16.7 Å². The second kappa shape index (κ2) is 4.34. The smallest absolute Gasteiger partial charge is 0.143 e. The van der Waals surface area contributed by atoms with Crippen LogP contribution in [0.2, 0.25) is 0 Å². The fourth-order valence-electron chi connectivity index (χ4n) is 2.12. The topological polar surface area (TPSA) is 42.2 Å². The van der Waals surface area contributed by atoms with E-state index in [0.717, 1.165) is 36.3 Å². The third-order valence-electron chi connectivity index (χ3n) is 3.41. The molecule has 0 amide bonds. The molecule has 2 N–H and O–H groups in total. The minimum atomic E-state index is 0.241. The number of rotatable bonds is 2. The van der Waals surface area contributed by atoms with Gasteiger partial charge in [-0.05, 0) is 52.9 Å². The summed E-state index contributed by atoms with van der Waals surface area (Å²) < 4.78 is 1.11. The monoisotopic (exact) mass is 283 g/mol. The van der Waals surface area contributed by atoms with Crippen LogP contribution in [0.5, 0.6) is 0 Å². The number of hydrogen-bond donors (Lipinski definition) is 1. The van der Waals surface area contributed by atoms with Gasteiger partial charge in [0.05, 0.1) is 4.47 Å². The molecule has 2 heterocycles. The average Bonchev–Trinajstić information content (AvgIpc) is 2.66. The van der Waals surface area contributed by atoms with Gasteiger partial charge in [-0.25, -0.2) is 4.98 Å². The molecule has 0 aliphatic carbocycles. The van der Waals surface area contributed by atoms with Crippen LogP contribution in [-0.4, -0.2) is 24.6 Å². The predicted molar refractivity (Wildman–Crippen MR) is 70.7 cm³/mol. The molecule has 1 aliphatic heterocycles. The first-order chi connectivity index (χ1) is 7.56.